The fourth-order valence-electron chi connectivity index (χ4n) is 2.99. The SMILES string of the molecule is CCOC(=O)C(C(C)CC(C)C)N1CCCNCC1. The molecule has 4 nitrogen and oxygen atoms in total. The Morgan fingerprint density at radius 3 is 2.63 bits per heavy atom. The molecular formula is C15H30N2O2. The summed E-state index contributed by atoms with van der Waals surface area (Å²) in [5.74, 6) is 0.909. The van der Waals surface area contributed by atoms with E-state index < -0.39 is 0 Å². The highest BCUT2D eigenvalue weighted by molar-refractivity contribution is 5.76. The Bertz CT molecular complexity index is 261. The van der Waals surface area contributed by atoms with Crippen LogP contribution in [0.15, 0.2) is 0 Å². The van der Waals surface area contributed by atoms with E-state index in [-0.39, 0.29) is 12.0 Å². The zero-order chi connectivity index (χ0) is 14.3. The largest absolute Gasteiger partial charge is 0.465 e. The summed E-state index contributed by atoms with van der Waals surface area (Å²) in [7, 11) is 0. The van der Waals surface area contributed by atoms with Gasteiger partial charge >= 0.3 is 5.97 Å². The summed E-state index contributed by atoms with van der Waals surface area (Å²) in [4.78, 5) is 14.6. The van der Waals surface area contributed by atoms with Gasteiger partial charge < -0.3 is 10.1 Å². The first-order chi connectivity index (χ1) is 9.06. The van der Waals surface area contributed by atoms with E-state index in [1.165, 1.54) is 0 Å². The van der Waals surface area contributed by atoms with Crippen LogP contribution in [0.2, 0.25) is 0 Å². The molecule has 1 heterocycles. The number of nitrogens with one attached hydrogen (secondary N) is 1. The smallest absolute Gasteiger partial charge is 0.323 e. The van der Waals surface area contributed by atoms with Crippen molar-refractivity contribution in [3.05, 3.63) is 0 Å². The standard InChI is InChI=1S/C15H30N2O2/c1-5-19-15(18)14(13(4)11-12(2)3)17-9-6-7-16-8-10-17/h12-14,16H,5-11H2,1-4H3. The van der Waals surface area contributed by atoms with Gasteiger partial charge in [-0.25, -0.2) is 0 Å². The third-order valence-corrected chi connectivity index (χ3v) is 3.68. The molecule has 1 fully saturated rings. The average molecular weight is 270 g/mol. The molecule has 2 atom stereocenters. The molecule has 112 valence electrons. The highest BCUT2D eigenvalue weighted by Gasteiger charge is 2.32. The van der Waals surface area contributed by atoms with Crippen LogP contribution in [0, 0.1) is 11.8 Å². The second-order valence-electron chi connectivity index (χ2n) is 5.94. The molecule has 1 N–H and O–H groups in total. The molecule has 0 saturated carbocycles. The van der Waals surface area contributed by atoms with Gasteiger partial charge in [0.2, 0.25) is 0 Å². The number of nitrogens with zero attached hydrogens (tertiary/aromatic N) is 1. The van der Waals surface area contributed by atoms with Crippen LogP contribution < -0.4 is 5.32 Å². The lowest BCUT2D eigenvalue weighted by Gasteiger charge is -2.33. The maximum absolute atomic E-state index is 12.3. The summed E-state index contributed by atoms with van der Waals surface area (Å²) >= 11 is 0. The van der Waals surface area contributed by atoms with E-state index in [2.05, 4.69) is 31.0 Å². The zero-order valence-electron chi connectivity index (χ0n) is 12.9. The maximum Gasteiger partial charge on any atom is 0.323 e. The van der Waals surface area contributed by atoms with Crippen LogP contribution in [-0.4, -0.2) is 49.7 Å². The predicted molar refractivity (Wildman–Crippen MR) is 78.1 cm³/mol. The molecule has 4 heteroatoms. The van der Waals surface area contributed by atoms with Gasteiger partial charge in [0.1, 0.15) is 6.04 Å². The molecule has 1 saturated heterocycles. The van der Waals surface area contributed by atoms with Gasteiger partial charge in [0.25, 0.3) is 0 Å². The van der Waals surface area contributed by atoms with Crippen LogP contribution >= 0.6 is 0 Å². The molecule has 0 amide bonds. The highest BCUT2D eigenvalue weighted by atomic mass is 16.5. The highest BCUT2D eigenvalue weighted by Crippen LogP contribution is 2.21. The van der Waals surface area contributed by atoms with Crippen LogP contribution in [0.25, 0.3) is 0 Å². The Balaban J connectivity index is 2.74. The van der Waals surface area contributed by atoms with E-state index in [4.69, 9.17) is 4.74 Å². The minimum absolute atomic E-state index is 0.0439. The van der Waals surface area contributed by atoms with Crippen LogP contribution in [0.5, 0.6) is 0 Å². The molecule has 0 aromatic rings. The van der Waals surface area contributed by atoms with Crippen molar-refractivity contribution in [1.29, 1.82) is 0 Å². The van der Waals surface area contributed by atoms with E-state index in [1.807, 2.05) is 6.92 Å². The number of carbonyl (C=O) groups excluding carboxylic acids is 1. The van der Waals surface area contributed by atoms with Crippen LogP contribution in [0.3, 0.4) is 0 Å². The van der Waals surface area contributed by atoms with Crippen molar-refractivity contribution in [2.24, 2.45) is 11.8 Å². The molecule has 0 aromatic heterocycles. The van der Waals surface area contributed by atoms with Gasteiger partial charge in [-0.3, -0.25) is 9.69 Å². The Morgan fingerprint density at radius 2 is 2.00 bits per heavy atom. The number of rotatable bonds is 6. The minimum atomic E-state index is -0.0813. The third kappa shape index (κ3) is 5.49. The van der Waals surface area contributed by atoms with Crippen LogP contribution in [-0.2, 0) is 9.53 Å². The van der Waals surface area contributed by atoms with E-state index >= 15 is 0 Å². The molecule has 0 radical (unpaired) electrons. The Kier molecular flexibility index (Phi) is 7.39. The molecule has 0 spiro atoms. The first-order valence-corrected chi connectivity index (χ1v) is 7.67. The predicted octanol–water partition coefficient (Wildman–Crippen LogP) is 1.90. The Morgan fingerprint density at radius 1 is 1.26 bits per heavy atom. The monoisotopic (exact) mass is 270 g/mol. The van der Waals surface area contributed by atoms with Gasteiger partial charge in [0.15, 0.2) is 0 Å². The lowest BCUT2D eigenvalue weighted by atomic mass is 9.91. The van der Waals surface area contributed by atoms with Crippen LogP contribution in [0.1, 0.15) is 40.5 Å². The second-order valence-corrected chi connectivity index (χ2v) is 5.94. The van der Waals surface area contributed by atoms with Crippen molar-refractivity contribution in [2.45, 2.75) is 46.6 Å². The van der Waals surface area contributed by atoms with Gasteiger partial charge in [-0.15, -0.1) is 0 Å². The van der Waals surface area contributed by atoms with Gasteiger partial charge in [-0.05, 0) is 38.1 Å². The quantitative estimate of drug-likeness (QED) is 0.749. The Hall–Kier alpha value is -0.610. The molecule has 19 heavy (non-hydrogen) atoms. The molecule has 0 bridgehead atoms. The number of hydrogen-bond donors (Lipinski definition) is 1. The lowest BCUT2D eigenvalue weighted by Crippen LogP contribution is -2.48. The van der Waals surface area contributed by atoms with Gasteiger partial charge in [-0.1, -0.05) is 20.8 Å². The van der Waals surface area contributed by atoms with Gasteiger partial charge in [0.05, 0.1) is 6.61 Å². The van der Waals surface area contributed by atoms with Gasteiger partial charge in [0, 0.05) is 19.6 Å². The van der Waals surface area contributed by atoms with Gasteiger partial charge in [-0.2, -0.15) is 0 Å². The molecule has 0 aliphatic carbocycles. The molecule has 1 aliphatic heterocycles. The first-order valence-electron chi connectivity index (χ1n) is 7.67. The van der Waals surface area contributed by atoms with E-state index in [1.54, 1.807) is 0 Å². The topological polar surface area (TPSA) is 41.6 Å². The van der Waals surface area contributed by atoms with Crippen molar-refractivity contribution < 1.29 is 9.53 Å². The number of ether oxygens (including phenoxy) is 1. The summed E-state index contributed by atoms with van der Waals surface area (Å²) in [6.45, 7) is 12.9. The Labute approximate surface area is 117 Å². The minimum Gasteiger partial charge on any atom is -0.465 e. The number of esters is 1. The molecule has 1 aliphatic rings. The summed E-state index contributed by atoms with van der Waals surface area (Å²) in [6, 6.07) is -0.0813. The normalized spacial score (nSPS) is 20.9. The van der Waals surface area contributed by atoms with Crippen molar-refractivity contribution in [3.63, 3.8) is 0 Å². The average Bonchev–Trinajstić information content (AvgIpc) is 2.57. The lowest BCUT2D eigenvalue weighted by molar-refractivity contribution is -0.151. The zero-order valence-corrected chi connectivity index (χ0v) is 12.9. The molecule has 0 aromatic carbocycles. The fourth-order valence-corrected chi connectivity index (χ4v) is 2.99. The summed E-state index contributed by atoms with van der Waals surface area (Å²) in [6.07, 6.45) is 2.16. The third-order valence-electron chi connectivity index (χ3n) is 3.68. The summed E-state index contributed by atoms with van der Waals surface area (Å²) in [5, 5.41) is 3.39. The molecular weight excluding hydrogens is 240 g/mol. The van der Waals surface area contributed by atoms with Crippen molar-refractivity contribution in [3.8, 4) is 0 Å². The number of hydrogen-bond acceptors (Lipinski definition) is 4. The summed E-state index contributed by atoms with van der Waals surface area (Å²) in [5.41, 5.74) is 0. The van der Waals surface area contributed by atoms with Crippen LogP contribution in [0.4, 0.5) is 0 Å². The van der Waals surface area contributed by atoms with E-state index in [0.717, 1.165) is 39.0 Å². The molecule has 2 unspecified atom stereocenters. The number of carbonyl (C=O) groups is 1. The van der Waals surface area contributed by atoms with E-state index in [0.29, 0.717) is 18.4 Å². The summed E-state index contributed by atoms with van der Waals surface area (Å²) < 4.78 is 5.30. The van der Waals surface area contributed by atoms with Crippen molar-refractivity contribution in [2.75, 3.05) is 32.8 Å². The fraction of sp³-hybridized carbons (Fsp3) is 0.933. The van der Waals surface area contributed by atoms with Crippen molar-refractivity contribution >= 4 is 5.97 Å². The van der Waals surface area contributed by atoms with E-state index in [9.17, 15) is 4.79 Å². The van der Waals surface area contributed by atoms with Crippen molar-refractivity contribution in [1.82, 2.24) is 10.2 Å². The first kappa shape index (κ1) is 16.4. The molecule has 1 rings (SSSR count). The second kappa shape index (κ2) is 8.54. The maximum atomic E-state index is 12.3.